The smallest absolute Gasteiger partial charge is 0.410 e. The minimum atomic E-state index is -0.573. The summed E-state index contributed by atoms with van der Waals surface area (Å²) in [5, 5.41) is 1.12. The molecule has 10 heteroatoms. The van der Waals surface area contributed by atoms with Crippen LogP contribution in [0, 0.1) is 13.8 Å². The number of piperidine rings is 1. The van der Waals surface area contributed by atoms with E-state index in [2.05, 4.69) is 26.0 Å². The average molecular weight is 616 g/mol. The molecule has 0 spiro atoms. The van der Waals surface area contributed by atoms with Gasteiger partial charge in [-0.15, -0.1) is 0 Å². The van der Waals surface area contributed by atoms with Crippen LogP contribution in [0.1, 0.15) is 63.1 Å². The molecule has 1 unspecified atom stereocenters. The zero-order valence-corrected chi connectivity index (χ0v) is 26.6. The summed E-state index contributed by atoms with van der Waals surface area (Å²) in [5.41, 5.74) is 3.63. The largest absolute Gasteiger partial charge is 0.492 e. The summed E-state index contributed by atoms with van der Waals surface area (Å²) in [6.07, 6.45) is 7.80. The van der Waals surface area contributed by atoms with Gasteiger partial charge in [-0.1, -0.05) is 40.9 Å². The third kappa shape index (κ3) is 7.45. The SMILES string of the molecule is Cc1cc(C)cc(-c2c(OCCC3CCCCN3C(=O)OC(C)(C)C)c3cc(C=Nc4ccncn4)c(Cl)cc3[nH]c2=O)c1. The lowest BCUT2D eigenvalue weighted by molar-refractivity contribution is 0.00745. The summed E-state index contributed by atoms with van der Waals surface area (Å²) in [5.74, 6) is 0.953. The number of amides is 1. The molecule has 0 bridgehead atoms. The lowest BCUT2D eigenvalue weighted by Gasteiger charge is -2.36. The maximum absolute atomic E-state index is 13.6. The lowest BCUT2D eigenvalue weighted by Crippen LogP contribution is -2.46. The Morgan fingerprint density at radius 2 is 1.93 bits per heavy atom. The molecule has 2 aromatic carbocycles. The number of aromatic nitrogens is 3. The van der Waals surface area contributed by atoms with E-state index < -0.39 is 5.60 Å². The van der Waals surface area contributed by atoms with Gasteiger partial charge in [-0.25, -0.2) is 19.8 Å². The average Bonchev–Trinajstić information content (AvgIpc) is 2.95. The van der Waals surface area contributed by atoms with E-state index in [9.17, 15) is 9.59 Å². The van der Waals surface area contributed by atoms with Crippen molar-refractivity contribution < 1.29 is 14.3 Å². The number of pyridine rings is 1. The van der Waals surface area contributed by atoms with Gasteiger partial charge in [0.15, 0.2) is 5.82 Å². The number of carbonyl (C=O) groups excluding carboxylic acids is 1. The van der Waals surface area contributed by atoms with Crippen LogP contribution in [0.2, 0.25) is 5.02 Å². The number of carbonyl (C=O) groups is 1. The topological polar surface area (TPSA) is 110 Å². The van der Waals surface area contributed by atoms with Gasteiger partial charge in [0.1, 0.15) is 17.7 Å². The maximum Gasteiger partial charge on any atom is 0.410 e. The van der Waals surface area contributed by atoms with E-state index in [1.165, 1.54) is 6.33 Å². The number of aromatic amines is 1. The van der Waals surface area contributed by atoms with Gasteiger partial charge in [-0.3, -0.25) is 4.79 Å². The second-order valence-corrected chi connectivity index (χ2v) is 12.6. The molecule has 1 N–H and O–H groups in total. The van der Waals surface area contributed by atoms with Crippen molar-refractivity contribution in [2.24, 2.45) is 4.99 Å². The molecule has 1 atom stereocenters. The Bertz CT molecular complexity index is 1730. The zero-order chi connectivity index (χ0) is 31.4. The van der Waals surface area contributed by atoms with Gasteiger partial charge in [0.05, 0.1) is 22.7 Å². The fourth-order valence-electron chi connectivity index (χ4n) is 5.59. The molecule has 1 saturated heterocycles. The Labute approximate surface area is 262 Å². The fraction of sp³-hybridized carbons (Fsp3) is 0.382. The second kappa shape index (κ2) is 13.2. The van der Waals surface area contributed by atoms with Gasteiger partial charge in [-0.05, 0) is 71.6 Å². The third-order valence-electron chi connectivity index (χ3n) is 7.45. The number of halogens is 1. The van der Waals surface area contributed by atoms with Crippen LogP contribution in [0.3, 0.4) is 0 Å². The lowest BCUT2D eigenvalue weighted by atomic mass is 9.98. The van der Waals surface area contributed by atoms with Crippen LogP contribution in [-0.2, 0) is 4.74 Å². The molecule has 5 rings (SSSR count). The Balaban J connectivity index is 1.53. The molecule has 1 aliphatic rings. The van der Waals surface area contributed by atoms with Crippen molar-refractivity contribution in [1.82, 2.24) is 19.9 Å². The van der Waals surface area contributed by atoms with Crippen molar-refractivity contribution in [1.29, 1.82) is 0 Å². The first-order valence-electron chi connectivity index (χ1n) is 14.9. The first-order valence-corrected chi connectivity index (χ1v) is 15.3. The number of ether oxygens (including phenoxy) is 2. The molecule has 44 heavy (non-hydrogen) atoms. The molecular formula is C34H38ClN5O4. The molecule has 1 aliphatic heterocycles. The van der Waals surface area contributed by atoms with Gasteiger partial charge in [0.2, 0.25) is 0 Å². The fourth-order valence-corrected chi connectivity index (χ4v) is 5.80. The summed E-state index contributed by atoms with van der Waals surface area (Å²) >= 11 is 6.63. The molecule has 2 aromatic heterocycles. The second-order valence-electron chi connectivity index (χ2n) is 12.2. The normalized spacial score (nSPS) is 15.6. The van der Waals surface area contributed by atoms with Crippen LogP contribution in [-0.4, -0.2) is 57.0 Å². The van der Waals surface area contributed by atoms with Gasteiger partial charge >= 0.3 is 6.09 Å². The Morgan fingerprint density at radius 1 is 1.16 bits per heavy atom. The van der Waals surface area contributed by atoms with Gasteiger partial charge in [0, 0.05) is 48.4 Å². The van der Waals surface area contributed by atoms with E-state index >= 15 is 0 Å². The number of aliphatic imine (C=N–C) groups is 1. The number of hydrogen-bond donors (Lipinski definition) is 1. The van der Waals surface area contributed by atoms with Crippen LogP contribution >= 0.6 is 11.6 Å². The standard InChI is InChI=1S/C34H38ClN5O4/c1-21-14-22(2)16-23(15-21)30-31(43-13-10-25-8-6-7-12-40(25)33(42)44-34(3,4)5)26-17-24(19-37-29-9-11-36-20-38-29)27(35)18-28(26)39-32(30)41/h9,11,14-20,25H,6-8,10,12-13H2,1-5H3,(H,39,41). The first-order chi connectivity index (χ1) is 21.0. The highest BCUT2D eigenvalue weighted by atomic mass is 35.5. The third-order valence-corrected chi connectivity index (χ3v) is 7.78. The maximum atomic E-state index is 13.6. The number of benzene rings is 2. The Morgan fingerprint density at radius 3 is 2.64 bits per heavy atom. The molecule has 9 nitrogen and oxygen atoms in total. The van der Waals surface area contributed by atoms with E-state index in [-0.39, 0.29) is 17.7 Å². The van der Waals surface area contributed by atoms with E-state index in [4.69, 9.17) is 21.1 Å². The Hall–Kier alpha value is -4.24. The summed E-state index contributed by atoms with van der Waals surface area (Å²) in [4.78, 5) is 44.0. The van der Waals surface area contributed by atoms with E-state index in [1.807, 2.05) is 57.7 Å². The number of rotatable bonds is 7. The van der Waals surface area contributed by atoms with Crippen molar-refractivity contribution in [3.8, 4) is 16.9 Å². The minimum absolute atomic E-state index is 0.0264. The van der Waals surface area contributed by atoms with Crippen molar-refractivity contribution in [2.45, 2.75) is 71.9 Å². The van der Waals surface area contributed by atoms with Crippen LogP contribution in [0.5, 0.6) is 5.75 Å². The monoisotopic (exact) mass is 615 g/mol. The molecular weight excluding hydrogens is 578 g/mol. The number of likely N-dealkylation sites (tertiary alicyclic amines) is 1. The highest BCUT2D eigenvalue weighted by Gasteiger charge is 2.30. The van der Waals surface area contributed by atoms with Gasteiger partial charge in [0.25, 0.3) is 5.56 Å². The predicted octanol–water partition coefficient (Wildman–Crippen LogP) is 7.56. The zero-order valence-electron chi connectivity index (χ0n) is 25.8. The molecule has 4 aromatic rings. The van der Waals surface area contributed by atoms with E-state index in [0.29, 0.717) is 58.2 Å². The van der Waals surface area contributed by atoms with Crippen molar-refractivity contribution in [3.63, 3.8) is 0 Å². The first kappa shape index (κ1) is 31.2. The van der Waals surface area contributed by atoms with E-state index in [1.54, 1.807) is 24.5 Å². The van der Waals surface area contributed by atoms with Crippen LogP contribution in [0.25, 0.3) is 22.0 Å². The molecule has 0 saturated carbocycles. The number of H-pyrrole nitrogens is 1. The van der Waals surface area contributed by atoms with Gasteiger partial charge in [-0.2, -0.15) is 0 Å². The van der Waals surface area contributed by atoms with Crippen LogP contribution in [0.4, 0.5) is 10.6 Å². The Kier molecular flexibility index (Phi) is 9.34. The van der Waals surface area contributed by atoms with Crippen LogP contribution in [0.15, 0.2) is 58.7 Å². The number of aryl methyl sites for hydroxylation is 2. The van der Waals surface area contributed by atoms with Crippen molar-refractivity contribution in [3.05, 3.63) is 81.0 Å². The summed E-state index contributed by atoms with van der Waals surface area (Å²) in [7, 11) is 0. The number of nitrogens with one attached hydrogen (secondary N) is 1. The number of fused-ring (bicyclic) bond motifs is 1. The summed E-state index contributed by atoms with van der Waals surface area (Å²) in [6.45, 7) is 10.6. The molecule has 0 radical (unpaired) electrons. The van der Waals surface area contributed by atoms with Crippen molar-refractivity contribution in [2.75, 3.05) is 13.2 Å². The molecule has 3 heterocycles. The summed E-state index contributed by atoms with van der Waals surface area (Å²) < 4.78 is 12.2. The number of nitrogens with zero attached hydrogens (tertiary/aromatic N) is 4. The molecule has 230 valence electrons. The molecule has 0 aliphatic carbocycles. The highest BCUT2D eigenvalue weighted by molar-refractivity contribution is 6.34. The van der Waals surface area contributed by atoms with E-state index in [0.717, 1.165) is 36.0 Å². The quantitative estimate of drug-likeness (QED) is 0.215. The summed E-state index contributed by atoms with van der Waals surface area (Å²) in [6, 6.07) is 11.3. The minimum Gasteiger partial charge on any atom is -0.492 e. The molecule has 1 fully saturated rings. The van der Waals surface area contributed by atoms with Crippen LogP contribution < -0.4 is 10.3 Å². The predicted molar refractivity (Wildman–Crippen MR) is 174 cm³/mol. The van der Waals surface area contributed by atoms with Crippen molar-refractivity contribution >= 4 is 40.6 Å². The number of hydrogen-bond acceptors (Lipinski definition) is 7. The highest BCUT2D eigenvalue weighted by Crippen LogP contribution is 2.36. The van der Waals surface area contributed by atoms with Gasteiger partial charge < -0.3 is 19.4 Å². The molecule has 1 amide bonds.